The number of hydrogen-bond donors (Lipinski definition) is 2. The summed E-state index contributed by atoms with van der Waals surface area (Å²) in [5.41, 5.74) is 1.83. The van der Waals surface area contributed by atoms with Crippen molar-refractivity contribution < 1.29 is 0 Å². The Labute approximate surface area is 140 Å². The molecule has 1 atom stereocenters. The van der Waals surface area contributed by atoms with Gasteiger partial charge in [0.25, 0.3) is 0 Å². The van der Waals surface area contributed by atoms with E-state index in [9.17, 15) is 0 Å². The lowest BCUT2D eigenvalue weighted by molar-refractivity contribution is 1.20. The van der Waals surface area contributed by atoms with Crippen molar-refractivity contribution in [3.63, 3.8) is 0 Å². The number of hydrogen-bond acceptors (Lipinski definition) is 4. The Morgan fingerprint density at radius 2 is 2.05 bits per heavy atom. The van der Waals surface area contributed by atoms with Gasteiger partial charge in [0.05, 0.1) is 5.52 Å². The summed E-state index contributed by atoms with van der Waals surface area (Å²) in [5, 5.41) is 5.24. The summed E-state index contributed by atoms with van der Waals surface area (Å²) in [6, 6.07) is 3.94. The van der Waals surface area contributed by atoms with Crippen LogP contribution >= 0.6 is 21.9 Å². The minimum absolute atomic E-state index is 0.761. The van der Waals surface area contributed by atoms with E-state index in [-0.39, 0.29) is 0 Å². The highest BCUT2D eigenvalue weighted by Crippen LogP contribution is 2.23. The van der Waals surface area contributed by atoms with Gasteiger partial charge in [0.2, 0.25) is 0 Å². The first-order valence-electron chi connectivity index (χ1n) is 7.11. The number of allylic oxidation sites excluding steroid dienone is 4. The normalized spacial score (nSPS) is 11.2. The van der Waals surface area contributed by atoms with Crippen molar-refractivity contribution in [2.45, 2.75) is 25.7 Å². The van der Waals surface area contributed by atoms with Gasteiger partial charge in [0.1, 0.15) is 12.1 Å². The van der Waals surface area contributed by atoms with E-state index in [1.807, 2.05) is 51.1 Å². The highest BCUT2D eigenvalue weighted by molar-refractivity contribution is 7.80. The van der Waals surface area contributed by atoms with Crippen LogP contribution in [0.1, 0.15) is 20.8 Å². The molecule has 1 aromatic carbocycles. The molecule has 2 rings (SSSR count). The Hall–Kier alpha value is -1.64. The fraction of sp³-hybridized carbons (Fsp3) is 0.176. The van der Waals surface area contributed by atoms with E-state index < -0.39 is 0 Å². The lowest BCUT2D eigenvalue weighted by Gasteiger charge is -2.10. The Balaban J connectivity index is 0.00000116. The Kier molecular flexibility index (Phi) is 7.86. The van der Waals surface area contributed by atoms with Gasteiger partial charge >= 0.3 is 0 Å². The fourth-order valence-corrected chi connectivity index (χ4v) is 2.16. The Morgan fingerprint density at radius 3 is 2.68 bits per heavy atom. The second kappa shape index (κ2) is 9.39. The van der Waals surface area contributed by atoms with Crippen molar-refractivity contribution in [2.75, 3.05) is 5.32 Å². The number of thiol groups is 1. The highest BCUT2D eigenvalue weighted by Gasteiger charge is 2.06. The van der Waals surface area contributed by atoms with Gasteiger partial charge in [0.15, 0.2) is 0 Å². The van der Waals surface area contributed by atoms with E-state index in [2.05, 4.69) is 43.7 Å². The topological polar surface area (TPSA) is 37.8 Å². The molecule has 1 heterocycles. The predicted molar refractivity (Wildman–Crippen MR) is 104 cm³/mol. The second-order valence-corrected chi connectivity index (χ2v) is 5.22. The summed E-state index contributed by atoms with van der Waals surface area (Å²) in [7, 11) is 2.65. The summed E-state index contributed by atoms with van der Waals surface area (Å²) >= 11 is 4.44. The zero-order valence-corrected chi connectivity index (χ0v) is 15.2. The third-order valence-electron chi connectivity index (χ3n) is 2.77. The van der Waals surface area contributed by atoms with Gasteiger partial charge in [-0.05, 0) is 30.4 Å². The molecule has 116 valence electrons. The first kappa shape index (κ1) is 18.4. The molecule has 1 unspecified atom stereocenters. The van der Waals surface area contributed by atoms with Gasteiger partial charge in [-0.25, -0.2) is 9.97 Å². The van der Waals surface area contributed by atoms with Crippen LogP contribution in [0.2, 0.25) is 0 Å². The molecule has 1 aromatic heterocycles. The van der Waals surface area contributed by atoms with Gasteiger partial charge in [-0.15, -0.1) is 21.9 Å². The zero-order valence-electron chi connectivity index (χ0n) is 13.2. The Bertz CT molecular complexity index is 708. The van der Waals surface area contributed by atoms with Gasteiger partial charge in [-0.2, -0.15) is 0 Å². The van der Waals surface area contributed by atoms with Crippen LogP contribution in [-0.2, 0) is 0 Å². The predicted octanol–water partition coefficient (Wildman–Crippen LogP) is 4.50. The van der Waals surface area contributed by atoms with Crippen molar-refractivity contribution in [1.82, 2.24) is 9.97 Å². The molecule has 1 N–H and O–H groups in total. The first-order valence-corrected chi connectivity index (χ1v) is 8.13. The molecule has 5 heteroatoms. The second-order valence-electron chi connectivity index (χ2n) is 4.11. The lowest BCUT2D eigenvalue weighted by atomic mass is 10.2. The molecular weight excluding hydrogens is 309 g/mol. The molecule has 0 spiro atoms. The van der Waals surface area contributed by atoms with E-state index in [1.54, 1.807) is 12.4 Å². The smallest absolute Gasteiger partial charge is 0.141 e. The van der Waals surface area contributed by atoms with Crippen molar-refractivity contribution in [1.29, 1.82) is 0 Å². The summed E-state index contributed by atoms with van der Waals surface area (Å²) in [5.74, 6) is 0.761. The van der Waals surface area contributed by atoms with Gasteiger partial charge < -0.3 is 5.32 Å². The number of nitrogens with zero attached hydrogens (tertiary/aromatic N) is 2. The van der Waals surface area contributed by atoms with Gasteiger partial charge in [-0.3, -0.25) is 0 Å². The monoisotopic (exact) mass is 331 g/mol. The number of nitrogens with one attached hydrogen (secondary N) is 1. The SMILES string of the molecule is C=C/C=C\C(=C/C)Nc1ncnc2cc(P)c(S)cc12.CC. The average molecular weight is 331 g/mol. The maximum Gasteiger partial charge on any atom is 0.141 e. The molecular formula is C17H22N3PS. The van der Waals surface area contributed by atoms with E-state index in [0.29, 0.717) is 0 Å². The molecule has 0 aliphatic carbocycles. The minimum atomic E-state index is 0.761. The zero-order chi connectivity index (χ0) is 16.5. The van der Waals surface area contributed by atoms with Crippen LogP contribution in [0.25, 0.3) is 10.9 Å². The lowest BCUT2D eigenvalue weighted by Crippen LogP contribution is -2.02. The third kappa shape index (κ3) is 4.69. The van der Waals surface area contributed by atoms with Crippen molar-refractivity contribution in [3.05, 3.63) is 55.0 Å². The summed E-state index contributed by atoms with van der Waals surface area (Å²) in [6.07, 6.45) is 9.07. The highest BCUT2D eigenvalue weighted by atomic mass is 32.1. The molecule has 0 saturated heterocycles. The number of benzene rings is 1. The minimum Gasteiger partial charge on any atom is -0.340 e. The van der Waals surface area contributed by atoms with Crippen LogP contribution < -0.4 is 10.6 Å². The van der Waals surface area contributed by atoms with Crippen molar-refractivity contribution in [3.8, 4) is 0 Å². The summed E-state index contributed by atoms with van der Waals surface area (Å²) in [6.45, 7) is 9.63. The molecule has 22 heavy (non-hydrogen) atoms. The molecule has 2 aromatic rings. The van der Waals surface area contributed by atoms with Crippen LogP contribution in [0.3, 0.4) is 0 Å². The number of anilines is 1. The van der Waals surface area contributed by atoms with Crippen LogP contribution in [0.4, 0.5) is 5.82 Å². The number of aromatic nitrogens is 2. The Morgan fingerprint density at radius 1 is 1.32 bits per heavy atom. The average Bonchev–Trinajstić information content (AvgIpc) is 2.55. The summed E-state index contributed by atoms with van der Waals surface area (Å²) < 4.78 is 0. The molecule has 0 radical (unpaired) electrons. The quantitative estimate of drug-likeness (QED) is 0.492. The first-order chi connectivity index (χ1) is 10.7. The molecule has 0 aliphatic heterocycles. The van der Waals surface area contributed by atoms with E-state index in [0.717, 1.165) is 32.6 Å². The van der Waals surface area contributed by atoms with E-state index >= 15 is 0 Å². The molecule has 3 nitrogen and oxygen atoms in total. The molecule has 0 fully saturated rings. The van der Waals surface area contributed by atoms with Gasteiger partial charge in [-0.1, -0.05) is 38.7 Å². The molecule has 0 saturated carbocycles. The standard InChI is InChI=1S/C15H16N3PS.C2H6/c1-3-5-6-10(4-2)18-15-11-7-14(20)13(19)8-12(11)16-9-17-15;1-2/h3-9,20H,1,19H2,2H3,(H,16,17,18);1-2H3/b6-5-,10-4+;. The van der Waals surface area contributed by atoms with Gasteiger partial charge in [0, 0.05) is 16.0 Å². The maximum atomic E-state index is 4.44. The van der Waals surface area contributed by atoms with Crippen molar-refractivity contribution >= 4 is 43.9 Å². The molecule has 0 aliphatic rings. The van der Waals surface area contributed by atoms with Crippen LogP contribution in [0.15, 0.2) is 59.9 Å². The van der Waals surface area contributed by atoms with E-state index in [4.69, 9.17) is 0 Å². The van der Waals surface area contributed by atoms with Crippen LogP contribution in [-0.4, -0.2) is 9.97 Å². The number of rotatable bonds is 4. The molecule has 0 amide bonds. The third-order valence-corrected chi connectivity index (χ3v) is 3.88. The van der Waals surface area contributed by atoms with E-state index in [1.165, 1.54) is 0 Å². The maximum absolute atomic E-state index is 4.44. The number of fused-ring (bicyclic) bond motifs is 1. The van der Waals surface area contributed by atoms with Crippen molar-refractivity contribution in [2.24, 2.45) is 0 Å². The largest absolute Gasteiger partial charge is 0.340 e. The fourth-order valence-electron chi connectivity index (χ4n) is 1.73. The summed E-state index contributed by atoms with van der Waals surface area (Å²) in [4.78, 5) is 9.49. The van der Waals surface area contributed by atoms with Crippen LogP contribution in [0, 0.1) is 0 Å². The van der Waals surface area contributed by atoms with Crippen LogP contribution in [0.5, 0.6) is 0 Å². The molecule has 0 bridgehead atoms.